The average Bonchev–Trinajstić information content (AvgIpc) is 0.900. The van der Waals surface area contributed by atoms with E-state index in [-0.39, 0.29) is 0 Å². The highest BCUT2D eigenvalue weighted by atomic mass is 16.8. The van der Waals surface area contributed by atoms with Crippen LogP contribution < -0.4 is 0 Å². The summed E-state index contributed by atoms with van der Waals surface area (Å²) in [6.45, 7) is 12.8. The highest BCUT2D eigenvalue weighted by molar-refractivity contribution is 5.72. The Morgan fingerprint density at radius 2 is 0.380 bits per heavy atom. The molecule has 21 saturated heterocycles. The third kappa shape index (κ3) is 28.5. The number of rotatable bonds is 25. The molecule has 0 radical (unpaired) electrons. The third-order valence-electron chi connectivity index (χ3n) is 20.7. The van der Waals surface area contributed by atoms with Gasteiger partial charge in [-0.2, -0.15) is 0 Å². The minimum atomic E-state index is -2.31. The van der Waals surface area contributed by atoms with Gasteiger partial charge in [0.1, 0.15) is 94.1 Å². The quantitative estimate of drug-likeness (QED) is 0.0391. The standard InChI is InChI=1S/C77H106N6O46/c1-27-28(2)71-118-48(22-100-30(4)84)53(27)123-73-66(111-41(15)95)61(106-36(10)90)56(46(116-73)20-80-82-78)126-77-70(115-45(19)99)64(109-39(13)93)59(51(122-77)25-103-33(7)87)128-72-55(105-35(9)89)29(3)54(49(119-72)23-101-31(5)85)124-75-68(113-43(17)97)65(110-40(14)94)60(52(120-75)26-104-34(8)88)129-74-67(112-42(16)96)62(107-37(11)91)57(47(117-74)21-81-83-79)127-76-69(114-44(18)98)63(108-38(12)92)58(125-71)50(121-76)24-102-32(6)86/h27-29,46-77H,20-26H2,1-19H3/t27-,28?,29+,46?,47?,48?,49?,50?,51?,52?,53+,54+,55?,56-,57+,58+,59-,60-,61+,62+,63+,64+,65+,66?,67?,68?,69?,70?,71+,72-,73-,74+,75-,76+,77-/m1/s1. The van der Waals surface area contributed by atoms with Gasteiger partial charge in [0, 0.05) is 132 Å². The Morgan fingerprint density at radius 3 is 0.605 bits per heavy atom. The van der Waals surface area contributed by atoms with Gasteiger partial charge in [-0.25, -0.2) is 0 Å². The van der Waals surface area contributed by atoms with Crippen molar-refractivity contribution in [1.82, 2.24) is 0 Å². The normalized spacial score (nSPS) is 36.7. The van der Waals surface area contributed by atoms with Gasteiger partial charge in [0.05, 0.1) is 37.5 Å². The number of hydrogen-bond donors (Lipinski definition) is 0. The highest BCUT2D eigenvalue weighted by Gasteiger charge is 2.65. The van der Waals surface area contributed by atoms with Crippen molar-refractivity contribution in [2.24, 2.45) is 28.0 Å². The highest BCUT2D eigenvalue weighted by Crippen LogP contribution is 2.46. The van der Waals surface area contributed by atoms with Crippen LogP contribution in [0.3, 0.4) is 0 Å². The van der Waals surface area contributed by atoms with Crippen LogP contribution in [0.5, 0.6) is 0 Å². The molecular weight excluding hydrogens is 1740 g/mol. The summed E-state index contributed by atoms with van der Waals surface area (Å²) >= 11 is 0. The Kier molecular flexibility index (Phi) is 38.2. The SMILES string of the molecule is CC(=O)OCC1O[C@H]2O[C@H]3C(COC(C)=O)O[C@@H](O[C@H]4C(CN=[N+]=[N-])O[C@@H](O[C@@H]5C(COC(C)=O)O[C@H](O[C@@H]6C(COC(C)=O)O[C@H](O[C@@H]7C(COC(C)=O)O[C@H](O[C@@H]8C(CN=[N+]=[N-])O[C@H](O[C@H]1[C@H](C)C2C)C(OC(C)=O)[C@H]8OC(C)=O)C(OC(C)=O)[C@H]7OC(C)=O)C(OC(C)=O)[C@H]6C)C(OC(C)=O)[C@H]5OC(C)=O)C(OC(C)=O)[C@H]4OC(C)=O)C(OC(C)=O)[C@H]3OC(C)=O. The number of nitrogens with zero attached hydrogens (tertiary/aromatic N) is 6. The van der Waals surface area contributed by atoms with Gasteiger partial charge in [-0.3, -0.25) is 76.7 Å². The van der Waals surface area contributed by atoms with Crippen LogP contribution in [0.4, 0.5) is 0 Å². The smallest absolute Gasteiger partial charge is 0.303 e. The molecule has 52 heteroatoms. The van der Waals surface area contributed by atoms with Crippen LogP contribution in [0.15, 0.2) is 10.2 Å². The molecule has 21 heterocycles. The molecule has 0 aromatic rings. The summed E-state index contributed by atoms with van der Waals surface area (Å²) in [4.78, 5) is 222. The molecule has 21 rings (SSSR count). The lowest BCUT2D eigenvalue weighted by atomic mass is 9.84. The summed E-state index contributed by atoms with van der Waals surface area (Å²) in [5, 5.41) is 7.42. The van der Waals surface area contributed by atoms with Gasteiger partial charge in [-0.15, -0.1) is 0 Å². The van der Waals surface area contributed by atoms with Crippen molar-refractivity contribution in [3.63, 3.8) is 0 Å². The molecular formula is C77H106N6O46. The first-order chi connectivity index (χ1) is 60.8. The fourth-order valence-corrected chi connectivity index (χ4v) is 15.7. The van der Waals surface area contributed by atoms with E-state index in [0.717, 1.165) is 111 Å². The zero-order chi connectivity index (χ0) is 95.4. The summed E-state index contributed by atoms with van der Waals surface area (Å²) in [6.07, 6.45) is -64.9. The Morgan fingerprint density at radius 1 is 0.209 bits per heavy atom. The van der Waals surface area contributed by atoms with Gasteiger partial charge in [-0.1, -0.05) is 31.0 Å². The predicted molar refractivity (Wildman–Crippen MR) is 405 cm³/mol. The molecule has 0 N–H and O–H groups in total. The second-order valence-corrected chi connectivity index (χ2v) is 30.7. The van der Waals surface area contributed by atoms with Crippen LogP contribution in [-0.2, 0) is 219 Å². The number of carbonyl (C=O) groups excluding carboxylic acids is 16. The zero-order valence-corrected chi connectivity index (χ0v) is 73.6. The fourth-order valence-electron chi connectivity index (χ4n) is 15.7. The lowest BCUT2D eigenvalue weighted by Gasteiger charge is -2.52. The van der Waals surface area contributed by atoms with E-state index < -0.39 is 356 Å². The van der Waals surface area contributed by atoms with Gasteiger partial charge in [0.25, 0.3) is 0 Å². The second kappa shape index (κ2) is 47.4. The van der Waals surface area contributed by atoms with Crippen molar-refractivity contribution in [3.05, 3.63) is 20.9 Å². The van der Waals surface area contributed by atoms with Crippen LogP contribution in [0.2, 0.25) is 0 Å². The number of azide groups is 2. The third-order valence-corrected chi connectivity index (χ3v) is 20.7. The predicted octanol–water partition coefficient (Wildman–Crippen LogP) is 0.364. The lowest BCUT2D eigenvalue weighted by molar-refractivity contribution is -0.392. The van der Waals surface area contributed by atoms with Crippen LogP contribution in [-0.4, -0.2) is 338 Å². The molecule has 0 saturated carbocycles. The van der Waals surface area contributed by atoms with E-state index in [9.17, 15) is 87.8 Å². The fraction of sp³-hybridized carbons (Fsp3) is 0.792. The number of carbonyl (C=O) groups is 16. The van der Waals surface area contributed by atoms with E-state index in [1.807, 2.05) is 0 Å². The Balaban J connectivity index is 1.44. The largest absolute Gasteiger partial charge is 0.463 e. The molecule has 0 amide bonds. The molecule has 52 nitrogen and oxygen atoms in total. The van der Waals surface area contributed by atoms with Crippen LogP contribution in [0, 0.1) is 17.8 Å². The van der Waals surface area contributed by atoms with Crippen molar-refractivity contribution in [3.8, 4) is 0 Å². The first-order valence-corrected chi connectivity index (χ1v) is 40.5. The molecule has 0 spiro atoms. The first kappa shape index (κ1) is 104. The maximum atomic E-state index is 13.8. The molecule has 21 aliphatic heterocycles. The van der Waals surface area contributed by atoms with Gasteiger partial charge < -0.3 is 142 Å². The molecule has 14 unspecified atom stereocenters. The Labute approximate surface area is 735 Å². The zero-order valence-electron chi connectivity index (χ0n) is 73.6. The van der Waals surface area contributed by atoms with Crippen molar-refractivity contribution in [1.29, 1.82) is 0 Å². The summed E-state index contributed by atoms with van der Waals surface area (Å²) in [5.41, 5.74) is 20.1. The molecule has 720 valence electrons. The lowest BCUT2D eigenvalue weighted by Crippen LogP contribution is -2.69. The van der Waals surface area contributed by atoms with Crippen molar-refractivity contribution in [2.75, 3.05) is 46.1 Å². The van der Waals surface area contributed by atoms with Gasteiger partial charge >= 0.3 is 95.5 Å². The number of ether oxygens (including phenoxy) is 30. The van der Waals surface area contributed by atoms with E-state index in [4.69, 9.17) is 142 Å². The molecule has 14 bridgehead atoms. The summed E-state index contributed by atoms with van der Waals surface area (Å²) in [7, 11) is 0. The molecule has 0 aromatic carbocycles. The van der Waals surface area contributed by atoms with E-state index in [2.05, 4.69) is 20.1 Å². The molecule has 0 aliphatic carbocycles. The Bertz CT molecular complexity index is 4120. The van der Waals surface area contributed by atoms with Crippen LogP contribution >= 0.6 is 0 Å². The summed E-state index contributed by atoms with van der Waals surface area (Å²) < 4.78 is 187. The first-order valence-electron chi connectivity index (χ1n) is 40.5. The molecule has 21 fully saturated rings. The van der Waals surface area contributed by atoms with E-state index in [1.165, 1.54) is 13.8 Å². The summed E-state index contributed by atoms with van der Waals surface area (Å²) in [6, 6.07) is 0. The topological polar surface area (TPSA) is 648 Å². The van der Waals surface area contributed by atoms with E-state index in [0.29, 0.717) is 0 Å². The Hall–Kier alpha value is -10.4. The summed E-state index contributed by atoms with van der Waals surface area (Å²) in [5.74, 6) is -21.5. The van der Waals surface area contributed by atoms with Crippen molar-refractivity contribution < 1.29 is 219 Å². The van der Waals surface area contributed by atoms with Gasteiger partial charge in [-0.05, 0) is 17.0 Å². The molecule has 35 atom stereocenters. The van der Waals surface area contributed by atoms with E-state index in [1.54, 1.807) is 6.92 Å². The molecule has 129 heavy (non-hydrogen) atoms. The van der Waals surface area contributed by atoms with Crippen molar-refractivity contribution >= 4 is 95.5 Å². The van der Waals surface area contributed by atoms with E-state index >= 15 is 0 Å². The number of hydrogen-bond acceptors (Lipinski definition) is 48. The van der Waals surface area contributed by atoms with Crippen molar-refractivity contribution in [2.45, 2.75) is 328 Å². The number of esters is 16. The second-order valence-electron chi connectivity index (χ2n) is 30.7. The van der Waals surface area contributed by atoms with Crippen LogP contribution in [0.1, 0.15) is 132 Å². The minimum absolute atomic E-state index is 0.768. The van der Waals surface area contributed by atoms with Crippen LogP contribution in [0.25, 0.3) is 20.9 Å². The monoisotopic (exact) mass is 1850 g/mol. The van der Waals surface area contributed by atoms with Gasteiger partial charge in [0.2, 0.25) is 0 Å². The maximum absolute atomic E-state index is 13.8. The molecule has 21 aliphatic rings. The maximum Gasteiger partial charge on any atom is 0.303 e. The van der Waals surface area contributed by atoms with Gasteiger partial charge in [0.15, 0.2) is 111 Å². The minimum Gasteiger partial charge on any atom is -0.463 e. The average molecular weight is 1850 g/mol. The molecule has 0 aromatic heterocycles.